The number of nitrogens with one attached hydrogen (secondary N) is 1. The van der Waals surface area contributed by atoms with Crippen molar-refractivity contribution in [2.75, 3.05) is 30.4 Å². The van der Waals surface area contributed by atoms with Crippen LogP contribution in [0.4, 0.5) is 11.6 Å². The predicted molar refractivity (Wildman–Crippen MR) is 59.0 cm³/mol. The Morgan fingerprint density at radius 3 is 2.80 bits per heavy atom. The summed E-state index contributed by atoms with van der Waals surface area (Å²) in [5, 5.41) is 12.4. The lowest BCUT2D eigenvalue weighted by molar-refractivity contribution is 0.145. The van der Waals surface area contributed by atoms with Gasteiger partial charge in [0.25, 0.3) is 0 Å². The second kappa shape index (κ2) is 4.44. The summed E-state index contributed by atoms with van der Waals surface area (Å²) in [4.78, 5) is 10.5. The first-order chi connectivity index (χ1) is 7.29. The summed E-state index contributed by atoms with van der Waals surface area (Å²) < 4.78 is 0. The lowest BCUT2D eigenvalue weighted by Gasteiger charge is -2.30. The molecule has 0 radical (unpaired) electrons. The fourth-order valence-electron chi connectivity index (χ4n) is 1.75. The van der Waals surface area contributed by atoms with Gasteiger partial charge in [0.15, 0.2) is 0 Å². The molecule has 1 fully saturated rings. The van der Waals surface area contributed by atoms with Gasteiger partial charge in [0, 0.05) is 26.2 Å². The molecule has 1 saturated heterocycles. The molecule has 2 heterocycles. The van der Waals surface area contributed by atoms with Crippen LogP contribution in [-0.2, 0) is 0 Å². The average Bonchev–Trinajstić information content (AvgIpc) is 2.30. The third kappa shape index (κ3) is 2.36. The van der Waals surface area contributed by atoms with Crippen molar-refractivity contribution in [3.63, 3.8) is 0 Å². The van der Waals surface area contributed by atoms with Gasteiger partial charge in [0.05, 0.1) is 6.10 Å². The summed E-state index contributed by atoms with van der Waals surface area (Å²) in [6, 6.07) is 1.93. The monoisotopic (exact) mass is 208 g/mol. The van der Waals surface area contributed by atoms with Crippen LogP contribution in [0, 0.1) is 0 Å². The predicted octanol–water partition coefficient (Wildman–Crippen LogP) is 0.479. The molecular weight excluding hydrogens is 192 g/mol. The molecule has 0 bridgehead atoms. The molecule has 0 amide bonds. The molecule has 0 aliphatic carbocycles. The molecule has 5 heteroatoms. The molecule has 1 aromatic rings. The first-order valence-electron chi connectivity index (χ1n) is 5.22. The van der Waals surface area contributed by atoms with Crippen LogP contribution in [0.15, 0.2) is 12.4 Å². The van der Waals surface area contributed by atoms with E-state index in [0.29, 0.717) is 0 Å². The maximum Gasteiger partial charge on any atom is 0.134 e. The number of aromatic nitrogens is 2. The van der Waals surface area contributed by atoms with Crippen LogP contribution in [0.25, 0.3) is 0 Å². The minimum atomic E-state index is -0.146. The Kier molecular flexibility index (Phi) is 3.01. The molecule has 82 valence electrons. The maximum atomic E-state index is 9.40. The van der Waals surface area contributed by atoms with E-state index in [1.54, 1.807) is 6.33 Å². The van der Waals surface area contributed by atoms with Crippen LogP contribution in [0.2, 0.25) is 0 Å². The zero-order valence-corrected chi connectivity index (χ0v) is 8.85. The van der Waals surface area contributed by atoms with Crippen molar-refractivity contribution in [3.8, 4) is 0 Å². The van der Waals surface area contributed by atoms with E-state index in [-0.39, 0.29) is 6.10 Å². The van der Waals surface area contributed by atoms with E-state index in [0.717, 1.165) is 37.6 Å². The summed E-state index contributed by atoms with van der Waals surface area (Å²) >= 11 is 0. The molecule has 15 heavy (non-hydrogen) atoms. The number of rotatable bonds is 2. The fraction of sp³-hybridized carbons (Fsp3) is 0.600. The highest BCUT2D eigenvalue weighted by atomic mass is 16.3. The molecule has 1 aromatic heterocycles. The zero-order valence-electron chi connectivity index (χ0n) is 8.85. The number of hydrogen-bond donors (Lipinski definition) is 2. The van der Waals surface area contributed by atoms with Crippen molar-refractivity contribution < 1.29 is 5.11 Å². The van der Waals surface area contributed by atoms with E-state index in [1.165, 1.54) is 0 Å². The van der Waals surface area contributed by atoms with E-state index in [1.807, 2.05) is 13.1 Å². The van der Waals surface area contributed by atoms with Gasteiger partial charge in [0.2, 0.25) is 0 Å². The number of anilines is 2. The van der Waals surface area contributed by atoms with Crippen LogP contribution in [0.1, 0.15) is 12.8 Å². The van der Waals surface area contributed by atoms with Gasteiger partial charge >= 0.3 is 0 Å². The molecule has 2 rings (SSSR count). The summed E-state index contributed by atoms with van der Waals surface area (Å²) in [5.74, 6) is 1.76. The molecule has 1 aliphatic heterocycles. The van der Waals surface area contributed by atoms with Gasteiger partial charge in [-0.05, 0) is 12.8 Å². The minimum Gasteiger partial charge on any atom is -0.393 e. The molecule has 1 aliphatic rings. The van der Waals surface area contributed by atoms with Crippen molar-refractivity contribution in [3.05, 3.63) is 12.4 Å². The molecule has 0 atom stereocenters. The highest BCUT2D eigenvalue weighted by Gasteiger charge is 2.18. The van der Waals surface area contributed by atoms with E-state index < -0.39 is 0 Å². The second-order valence-electron chi connectivity index (χ2n) is 3.73. The Morgan fingerprint density at radius 2 is 2.13 bits per heavy atom. The highest BCUT2D eigenvalue weighted by molar-refractivity contribution is 5.48. The summed E-state index contributed by atoms with van der Waals surface area (Å²) in [7, 11) is 1.84. The van der Waals surface area contributed by atoms with Gasteiger partial charge in [-0.2, -0.15) is 0 Å². The number of nitrogens with zero attached hydrogens (tertiary/aromatic N) is 3. The molecule has 0 unspecified atom stereocenters. The SMILES string of the molecule is CNc1cc(N2CCC(O)CC2)ncn1. The van der Waals surface area contributed by atoms with Crippen molar-refractivity contribution in [2.24, 2.45) is 0 Å². The van der Waals surface area contributed by atoms with Crippen molar-refractivity contribution >= 4 is 11.6 Å². The number of hydrogen-bond acceptors (Lipinski definition) is 5. The Balaban J connectivity index is 2.08. The topological polar surface area (TPSA) is 61.3 Å². The summed E-state index contributed by atoms with van der Waals surface area (Å²) in [5.41, 5.74) is 0. The smallest absolute Gasteiger partial charge is 0.134 e. The molecule has 0 saturated carbocycles. The second-order valence-corrected chi connectivity index (χ2v) is 3.73. The first-order valence-corrected chi connectivity index (χ1v) is 5.22. The standard InChI is InChI=1S/C10H16N4O/c1-11-9-6-10(13-7-12-9)14-4-2-8(15)3-5-14/h6-8,15H,2-5H2,1H3,(H,11,12,13). The largest absolute Gasteiger partial charge is 0.393 e. The Labute approximate surface area is 89.2 Å². The zero-order chi connectivity index (χ0) is 10.7. The summed E-state index contributed by atoms with van der Waals surface area (Å²) in [6.07, 6.45) is 3.05. The van der Waals surface area contributed by atoms with Gasteiger partial charge < -0.3 is 15.3 Å². The normalized spacial score (nSPS) is 17.9. The first kappa shape index (κ1) is 10.2. The molecular formula is C10H16N4O. The van der Waals surface area contributed by atoms with Crippen molar-refractivity contribution in [1.82, 2.24) is 9.97 Å². The fourth-order valence-corrected chi connectivity index (χ4v) is 1.75. The van der Waals surface area contributed by atoms with E-state index in [4.69, 9.17) is 0 Å². The maximum absolute atomic E-state index is 9.40. The van der Waals surface area contributed by atoms with Crippen LogP contribution in [0.3, 0.4) is 0 Å². The summed E-state index contributed by atoms with van der Waals surface area (Å²) in [6.45, 7) is 1.72. The number of aliphatic hydroxyl groups excluding tert-OH is 1. The lowest BCUT2D eigenvalue weighted by Crippen LogP contribution is -2.36. The van der Waals surface area contributed by atoms with Crippen LogP contribution in [-0.4, -0.2) is 41.3 Å². The third-order valence-electron chi connectivity index (χ3n) is 2.70. The molecule has 0 aromatic carbocycles. The van der Waals surface area contributed by atoms with Gasteiger partial charge in [-0.1, -0.05) is 0 Å². The van der Waals surface area contributed by atoms with Gasteiger partial charge in [0.1, 0.15) is 18.0 Å². The van der Waals surface area contributed by atoms with Crippen molar-refractivity contribution in [2.45, 2.75) is 18.9 Å². The van der Waals surface area contributed by atoms with E-state index in [9.17, 15) is 5.11 Å². The average molecular weight is 208 g/mol. The van der Waals surface area contributed by atoms with Gasteiger partial charge in [-0.25, -0.2) is 9.97 Å². The Hall–Kier alpha value is -1.36. The van der Waals surface area contributed by atoms with Gasteiger partial charge in [-0.3, -0.25) is 0 Å². The van der Waals surface area contributed by atoms with Crippen LogP contribution >= 0.6 is 0 Å². The third-order valence-corrected chi connectivity index (χ3v) is 2.70. The highest BCUT2D eigenvalue weighted by Crippen LogP contribution is 2.18. The van der Waals surface area contributed by atoms with Gasteiger partial charge in [-0.15, -0.1) is 0 Å². The Bertz CT molecular complexity index is 323. The van der Waals surface area contributed by atoms with E-state index in [2.05, 4.69) is 20.2 Å². The van der Waals surface area contributed by atoms with Crippen LogP contribution < -0.4 is 10.2 Å². The Morgan fingerprint density at radius 1 is 1.40 bits per heavy atom. The lowest BCUT2D eigenvalue weighted by atomic mass is 10.1. The minimum absolute atomic E-state index is 0.146. The quantitative estimate of drug-likeness (QED) is 0.740. The molecule has 5 nitrogen and oxygen atoms in total. The number of piperidine rings is 1. The van der Waals surface area contributed by atoms with Crippen LogP contribution in [0.5, 0.6) is 0 Å². The van der Waals surface area contributed by atoms with E-state index >= 15 is 0 Å². The number of aliphatic hydroxyl groups is 1. The molecule has 2 N–H and O–H groups in total. The molecule has 0 spiro atoms. The van der Waals surface area contributed by atoms with Crippen molar-refractivity contribution in [1.29, 1.82) is 0 Å².